The van der Waals surface area contributed by atoms with Crippen molar-refractivity contribution in [1.29, 1.82) is 0 Å². The molecular weight excluding hydrogens is 322 g/mol. The molecule has 1 aromatic carbocycles. The minimum absolute atomic E-state index is 0.106. The van der Waals surface area contributed by atoms with Gasteiger partial charge in [-0.1, -0.05) is 11.6 Å². The monoisotopic (exact) mass is 337 g/mol. The standard InChI is InChI=1S/C15H16ClN3O4/c1-10(20)22-6-5-19(2)15(21)23-14-4-3-11(16)7-12(14)13-8-17-9-18-13/h3-4,7-9H,5-6H2,1-2H3,(H,17,18). The zero-order valence-corrected chi connectivity index (χ0v) is 13.5. The van der Waals surface area contributed by atoms with E-state index in [1.54, 1.807) is 31.4 Å². The highest BCUT2D eigenvalue weighted by atomic mass is 35.5. The van der Waals surface area contributed by atoms with Crippen molar-refractivity contribution >= 4 is 23.7 Å². The Morgan fingerprint density at radius 3 is 2.83 bits per heavy atom. The second-order valence-corrected chi connectivity index (χ2v) is 5.17. The number of carbonyl (C=O) groups excluding carboxylic acids is 2. The lowest BCUT2D eigenvalue weighted by atomic mass is 10.1. The molecule has 1 amide bonds. The Kier molecular flexibility index (Phi) is 5.59. The van der Waals surface area contributed by atoms with Gasteiger partial charge in [-0.05, 0) is 18.2 Å². The first kappa shape index (κ1) is 16.8. The molecule has 0 saturated heterocycles. The second-order valence-electron chi connectivity index (χ2n) is 4.74. The van der Waals surface area contributed by atoms with Crippen LogP contribution in [0.3, 0.4) is 0 Å². The second kappa shape index (κ2) is 7.64. The number of hydrogen-bond donors (Lipinski definition) is 1. The minimum atomic E-state index is -0.569. The van der Waals surface area contributed by atoms with Gasteiger partial charge in [-0.15, -0.1) is 0 Å². The Morgan fingerprint density at radius 1 is 1.39 bits per heavy atom. The van der Waals surface area contributed by atoms with E-state index in [0.717, 1.165) is 0 Å². The van der Waals surface area contributed by atoms with E-state index in [2.05, 4.69) is 9.97 Å². The highest BCUT2D eigenvalue weighted by Crippen LogP contribution is 2.31. The molecule has 0 aliphatic carbocycles. The number of imidazole rings is 1. The van der Waals surface area contributed by atoms with E-state index in [-0.39, 0.29) is 13.2 Å². The summed E-state index contributed by atoms with van der Waals surface area (Å²) >= 11 is 6.00. The van der Waals surface area contributed by atoms with Gasteiger partial charge in [0.05, 0.1) is 24.8 Å². The molecule has 0 fully saturated rings. The number of rotatable bonds is 5. The molecule has 0 spiro atoms. The van der Waals surface area contributed by atoms with E-state index < -0.39 is 12.1 Å². The number of aromatic nitrogens is 2. The zero-order valence-electron chi connectivity index (χ0n) is 12.7. The van der Waals surface area contributed by atoms with E-state index in [0.29, 0.717) is 22.0 Å². The van der Waals surface area contributed by atoms with E-state index in [4.69, 9.17) is 21.1 Å². The van der Waals surface area contributed by atoms with Crippen LogP contribution in [0.15, 0.2) is 30.7 Å². The van der Waals surface area contributed by atoms with Crippen LogP contribution in [0.1, 0.15) is 6.92 Å². The maximum atomic E-state index is 12.1. The van der Waals surface area contributed by atoms with Crippen LogP contribution in [0.5, 0.6) is 5.75 Å². The maximum Gasteiger partial charge on any atom is 0.415 e. The molecule has 0 saturated carbocycles. The molecule has 1 N–H and O–H groups in total. The lowest BCUT2D eigenvalue weighted by molar-refractivity contribution is -0.141. The predicted molar refractivity (Wildman–Crippen MR) is 84.3 cm³/mol. The van der Waals surface area contributed by atoms with E-state index in [9.17, 15) is 9.59 Å². The summed E-state index contributed by atoms with van der Waals surface area (Å²) in [6.07, 6.45) is 2.56. The summed E-state index contributed by atoms with van der Waals surface area (Å²) in [6.45, 7) is 1.64. The van der Waals surface area contributed by atoms with Gasteiger partial charge in [0.2, 0.25) is 0 Å². The van der Waals surface area contributed by atoms with Gasteiger partial charge in [-0.2, -0.15) is 0 Å². The van der Waals surface area contributed by atoms with Crippen LogP contribution in [0.2, 0.25) is 5.02 Å². The molecule has 0 aliphatic rings. The quantitative estimate of drug-likeness (QED) is 0.848. The number of amides is 1. The summed E-state index contributed by atoms with van der Waals surface area (Å²) in [5, 5.41) is 0.512. The van der Waals surface area contributed by atoms with Crippen LogP contribution in [0.4, 0.5) is 4.79 Å². The van der Waals surface area contributed by atoms with Crippen molar-refractivity contribution in [2.45, 2.75) is 6.92 Å². The third-order valence-corrected chi connectivity index (χ3v) is 3.21. The van der Waals surface area contributed by atoms with Crippen molar-refractivity contribution in [1.82, 2.24) is 14.9 Å². The number of esters is 1. The van der Waals surface area contributed by atoms with Crippen molar-refractivity contribution in [3.8, 4) is 17.0 Å². The number of nitrogens with zero attached hydrogens (tertiary/aromatic N) is 2. The first-order chi connectivity index (χ1) is 11.0. The van der Waals surface area contributed by atoms with E-state index >= 15 is 0 Å². The summed E-state index contributed by atoms with van der Waals surface area (Å²) in [4.78, 5) is 31.0. The largest absolute Gasteiger partial charge is 0.464 e. The number of halogens is 1. The number of ether oxygens (including phenoxy) is 2. The van der Waals surface area contributed by atoms with Crippen molar-refractivity contribution in [3.63, 3.8) is 0 Å². The number of carbonyl (C=O) groups is 2. The van der Waals surface area contributed by atoms with Gasteiger partial charge in [-0.25, -0.2) is 9.78 Å². The van der Waals surface area contributed by atoms with Crippen molar-refractivity contribution in [2.24, 2.45) is 0 Å². The van der Waals surface area contributed by atoms with E-state index in [1.807, 2.05) is 0 Å². The maximum absolute atomic E-state index is 12.1. The minimum Gasteiger partial charge on any atom is -0.464 e. The number of nitrogens with one attached hydrogen (secondary N) is 1. The molecular formula is C15H16ClN3O4. The molecule has 1 aromatic heterocycles. The van der Waals surface area contributed by atoms with Crippen molar-refractivity contribution < 1.29 is 19.1 Å². The number of hydrogen-bond acceptors (Lipinski definition) is 5. The molecule has 23 heavy (non-hydrogen) atoms. The molecule has 122 valence electrons. The normalized spacial score (nSPS) is 10.2. The predicted octanol–water partition coefficient (Wildman–Crippen LogP) is 2.72. The molecule has 7 nitrogen and oxygen atoms in total. The molecule has 1 heterocycles. The van der Waals surface area contributed by atoms with Crippen molar-refractivity contribution in [3.05, 3.63) is 35.7 Å². The average molecular weight is 338 g/mol. The SMILES string of the molecule is CC(=O)OCCN(C)C(=O)Oc1ccc(Cl)cc1-c1cnc[nH]1. The van der Waals surface area contributed by atoms with Gasteiger partial charge in [0.15, 0.2) is 0 Å². The summed E-state index contributed by atoms with van der Waals surface area (Å²) in [7, 11) is 1.55. The highest BCUT2D eigenvalue weighted by Gasteiger charge is 2.16. The third kappa shape index (κ3) is 4.72. The molecule has 0 bridgehead atoms. The summed E-state index contributed by atoms with van der Waals surface area (Å²) in [5.74, 6) is -0.0472. The van der Waals surface area contributed by atoms with Gasteiger partial charge in [0.25, 0.3) is 0 Å². The average Bonchev–Trinajstić information content (AvgIpc) is 3.02. The van der Waals surface area contributed by atoms with Crippen LogP contribution in [0, 0.1) is 0 Å². The van der Waals surface area contributed by atoms with Crippen LogP contribution in [-0.4, -0.2) is 47.1 Å². The van der Waals surface area contributed by atoms with Gasteiger partial charge >= 0.3 is 12.1 Å². The van der Waals surface area contributed by atoms with Gasteiger partial charge < -0.3 is 19.4 Å². The third-order valence-electron chi connectivity index (χ3n) is 2.97. The highest BCUT2D eigenvalue weighted by molar-refractivity contribution is 6.31. The summed E-state index contributed by atoms with van der Waals surface area (Å²) in [6, 6.07) is 4.91. The molecule has 8 heteroatoms. The Bertz CT molecular complexity index is 688. The summed E-state index contributed by atoms with van der Waals surface area (Å²) < 4.78 is 10.2. The fraction of sp³-hybridized carbons (Fsp3) is 0.267. The topological polar surface area (TPSA) is 84.5 Å². The fourth-order valence-electron chi connectivity index (χ4n) is 1.79. The Hall–Kier alpha value is -2.54. The van der Waals surface area contributed by atoms with Gasteiger partial charge in [-0.3, -0.25) is 4.79 Å². The Morgan fingerprint density at radius 2 is 2.17 bits per heavy atom. The van der Waals surface area contributed by atoms with E-state index in [1.165, 1.54) is 18.2 Å². The zero-order chi connectivity index (χ0) is 16.8. The number of H-pyrrole nitrogens is 1. The smallest absolute Gasteiger partial charge is 0.415 e. The van der Waals surface area contributed by atoms with Gasteiger partial charge in [0.1, 0.15) is 12.4 Å². The first-order valence-corrected chi connectivity index (χ1v) is 7.20. The van der Waals surface area contributed by atoms with Crippen molar-refractivity contribution in [2.75, 3.05) is 20.2 Å². The number of benzene rings is 1. The molecule has 0 atom stereocenters. The first-order valence-electron chi connectivity index (χ1n) is 6.82. The molecule has 0 radical (unpaired) electrons. The lowest BCUT2D eigenvalue weighted by Crippen LogP contribution is -2.33. The van der Waals surface area contributed by atoms with Crippen LogP contribution in [0.25, 0.3) is 11.3 Å². The lowest BCUT2D eigenvalue weighted by Gasteiger charge is -2.17. The fourth-order valence-corrected chi connectivity index (χ4v) is 1.97. The summed E-state index contributed by atoms with van der Waals surface area (Å²) in [5.41, 5.74) is 1.30. The molecule has 0 aliphatic heterocycles. The Labute approximate surface area is 138 Å². The number of likely N-dealkylation sites (N-methyl/N-ethyl adjacent to an activating group) is 1. The van der Waals surface area contributed by atoms with Gasteiger partial charge in [0, 0.05) is 24.6 Å². The molecule has 2 aromatic rings. The van der Waals surface area contributed by atoms with Crippen LogP contribution >= 0.6 is 11.6 Å². The molecule has 0 unspecified atom stereocenters. The number of aromatic amines is 1. The molecule has 2 rings (SSSR count). The van der Waals surface area contributed by atoms with Crippen LogP contribution < -0.4 is 4.74 Å². The van der Waals surface area contributed by atoms with Crippen LogP contribution in [-0.2, 0) is 9.53 Å². The Balaban J connectivity index is 2.07.